The van der Waals surface area contributed by atoms with E-state index >= 15 is 0 Å². The molecule has 0 bridgehead atoms. The summed E-state index contributed by atoms with van der Waals surface area (Å²) in [5.41, 5.74) is 0.918. The second-order valence-electron chi connectivity index (χ2n) is 4.79. The molecule has 1 aliphatic heterocycles. The molecule has 22 heavy (non-hydrogen) atoms. The van der Waals surface area contributed by atoms with Crippen molar-refractivity contribution in [3.8, 4) is 11.5 Å². The molecule has 5 nitrogen and oxygen atoms in total. The lowest BCUT2D eigenvalue weighted by Crippen LogP contribution is -2.31. The molecule has 0 aromatic heterocycles. The fraction of sp³-hybridized carbons (Fsp3) is 0.500. The van der Waals surface area contributed by atoms with Gasteiger partial charge in [0.1, 0.15) is 11.5 Å². The molecule has 0 spiro atoms. The Morgan fingerprint density at radius 3 is 2.45 bits per heavy atom. The molecule has 6 heteroatoms. The number of hydrogen-bond donors (Lipinski definition) is 0. The third kappa shape index (κ3) is 3.55. The van der Waals surface area contributed by atoms with Gasteiger partial charge in [0.15, 0.2) is 0 Å². The molecule has 0 radical (unpaired) electrons. The Labute approximate surface area is 135 Å². The van der Waals surface area contributed by atoms with Crippen LogP contribution in [0.3, 0.4) is 0 Å². The van der Waals surface area contributed by atoms with E-state index in [1.54, 1.807) is 6.92 Å². The van der Waals surface area contributed by atoms with Gasteiger partial charge in [0.2, 0.25) is 5.91 Å². The van der Waals surface area contributed by atoms with Crippen LogP contribution in [0.4, 0.5) is 4.79 Å². The standard InChI is InChI=1S/C16H21NO4S/c1-4-17-15(18)14(22-16(17)19)9-11-7-8-12(20-5-2)10-13(11)21-6-3/h7-8,10,14H,4-6,9H2,1-3H3/t14-/m0/s1. The number of thioether (sulfide) groups is 1. The van der Waals surface area contributed by atoms with E-state index in [1.807, 2.05) is 32.0 Å². The van der Waals surface area contributed by atoms with E-state index in [1.165, 1.54) is 4.90 Å². The molecule has 2 amide bonds. The zero-order chi connectivity index (χ0) is 16.1. The number of carbonyl (C=O) groups excluding carboxylic acids is 2. The van der Waals surface area contributed by atoms with Gasteiger partial charge in [-0.1, -0.05) is 17.8 Å². The number of imide groups is 1. The quantitative estimate of drug-likeness (QED) is 0.772. The lowest BCUT2D eigenvalue weighted by Gasteiger charge is -2.15. The molecule has 2 rings (SSSR count). The van der Waals surface area contributed by atoms with E-state index in [4.69, 9.17) is 9.47 Å². The molecule has 1 fully saturated rings. The van der Waals surface area contributed by atoms with E-state index in [0.717, 1.165) is 23.1 Å². The summed E-state index contributed by atoms with van der Waals surface area (Å²) in [4.78, 5) is 25.3. The highest BCUT2D eigenvalue weighted by Gasteiger charge is 2.38. The van der Waals surface area contributed by atoms with Crippen molar-refractivity contribution in [3.05, 3.63) is 23.8 Å². The Bertz CT molecular complexity index is 561. The predicted molar refractivity (Wildman–Crippen MR) is 86.6 cm³/mol. The van der Waals surface area contributed by atoms with E-state index in [-0.39, 0.29) is 16.4 Å². The summed E-state index contributed by atoms with van der Waals surface area (Å²) in [6.07, 6.45) is 0.480. The van der Waals surface area contributed by atoms with E-state index in [9.17, 15) is 9.59 Å². The molecule has 1 atom stereocenters. The van der Waals surface area contributed by atoms with E-state index < -0.39 is 0 Å². The molecule has 1 aromatic carbocycles. The maximum absolute atomic E-state index is 12.2. The van der Waals surface area contributed by atoms with Gasteiger partial charge < -0.3 is 9.47 Å². The maximum atomic E-state index is 12.2. The molecule has 0 N–H and O–H groups in total. The van der Waals surface area contributed by atoms with Crippen LogP contribution in [0.2, 0.25) is 0 Å². The normalized spacial score (nSPS) is 18.0. The van der Waals surface area contributed by atoms with Crippen LogP contribution in [-0.2, 0) is 11.2 Å². The second kappa shape index (κ2) is 7.54. The van der Waals surface area contributed by atoms with Gasteiger partial charge >= 0.3 is 0 Å². The summed E-state index contributed by atoms with van der Waals surface area (Å²) >= 11 is 1.09. The highest BCUT2D eigenvalue weighted by atomic mass is 32.2. The van der Waals surface area contributed by atoms with E-state index in [0.29, 0.717) is 31.9 Å². The Hall–Kier alpha value is -1.69. The fourth-order valence-electron chi connectivity index (χ4n) is 2.36. The van der Waals surface area contributed by atoms with E-state index in [2.05, 4.69) is 0 Å². The summed E-state index contributed by atoms with van der Waals surface area (Å²) in [5.74, 6) is 1.34. The largest absolute Gasteiger partial charge is 0.494 e. The van der Waals surface area contributed by atoms with Crippen molar-refractivity contribution in [2.75, 3.05) is 19.8 Å². The fourth-order valence-corrected chi connectivity index (χ4v) is 3.44. The number of amides is 2. The molecule has 0 aliphatic carbocycles. The van der Waals surface area contributed by atoms with Crippen molar-refractivity contribution < 1.29 is 19.1 Å². The maximum Gasteiger partial charge on any atom is 0.289 e. The number of nitrogens with zero attached hydrogens (tertiary/aromatic N) is 1. The summed E-state index contributed by atoms with van der Waals surface area (Å²) < 4.78 is 11.1. The first kappa shape index (κ1) is 16.7. The number of rotatable bonds is 7. The van der Waals surface area contributed by atoms with Gasteiger partial charge in [0.05, 0.1) is 18.5 Å². The molecule has 1 heterocycles. The van der Waals surface area contributed by atoms with Crippen molar-refractivity contribution in [2.45, 2.75) is 32.4 Å². The van der Waals surface area contributed by atoms with Crippen LogP contribution in [0.5, 0.6) is 11.5 Å². The Balaban J connectivity index is 2.18. The smallest absolute Gasteiger partial charge is 0.289 e. The number of carbonyl (C=O) groups is 2. The highest BCUT2D eigenvalue weighted by Crippen LogP contribution is 2.33. The Kier molecular flexibility index (Phi) is 5.71. The van der Waals surface area contributed by atoms with Crippen LogP contribution < -0.4 is 9.47 Å². The van der Waals surface area contributed by atoms with Gasteiger partial charge in [-0.25, -0.2) is 0 Å². The minimum Gasteiger partial charge on any atom is -0.494 e. The number of hydrogen-bond acceptors (Lipinski definition) is 5. The molecular formula is C16H21NO4S. The average Bonchev–Trinajstić information content (AvgIpc) is 2.76. The van der Waals surface area contributed by atoms with Crippen LogP contribution >= 0.6 is 11.8 Å². The van der Waals surface area contributed by atoms with Gasteiger partial charge in [0.25, 0.3) is 5.24 Å². The first-order valence-electron chi connectivity index (χ1n) is 7.51. The van der Waals surface area contributed by atoms with Crippen molar-refractivity contribution >= 4 is 22.9 Å². The molecule has 0 saturated carbocycles. The summed E-state index contributed by atoms with van der Waals surface area (Å²) in [7, 11) is 0. The highest BCUT2D eigenvalue weighted by molar-refractivity contribution is 8.15. The zero-order valence-corrected chi connectivity index (χ0v) is 13.9. The average molecular weight is 323 g/mol. The molecular weight excluding hydrogens is 302 g/mol. The third-order valence-corrected chi connectivity index (χ3v) is 4.45. The molecule has 0 unspecified atom stereocenters. The first-order valence-corrected chi connectivity index (χ1v) is 8.39. The topological polar surface area (TPSA) is 55.8 Å². The minimum atomic E-state index is -0.371. The van der Waals surface area contributed by atoms with Gasteiger partial charge in [-0.15, -0.1) is 0 Å². The number of ether oxygens (including phenoxy) is 2. The number of benzene rings is 1. The Morgan fingerprint density at radius 1 is 1.14 bits per heavy atom. The van der Waals surface area contributed by atoms with Crippen LogP contribution in [0, 0.1) is 0 Å². The van der Waals surface area contributed by atoms with Gasteiger partial charge in [-0.05, 0) is 38.8 Å². The SMILES string of the molecule is CCOc1ccc(C[C@@H]2SC(=O)N(CC)C2=O)c(OCC)c1. The van der Waals surface area contributed by atoms with Crippen LogP contribution in [0.1, 0.15) is 26.3 Å². The van der Waals surface area contributed by atoms with Gasteiger partial charge in [0, 0.05) is 12.6 Å². The van der Waals surface area contributed by atoms with Crippen molar-refractivity contribution in [2.24, 2.45) is 0 Å². The lowest BCUT2D eigenvalue weighted by atomic mass is 10.1. The molecule has 1 saturated heterocycles. The summed E-state index contributed by atoms with van der Waals surface area (Å²) in [6.45, 7) is 7.18. The molecule has 1 aliphatic rings. The van der Waals surface area contributed by atoms with Crippen molar-refractivity contribution in [3.63, 3.8) is 0 Å². The minimum absolute atomic E-state index is 0.117. The third-order valence-electron chi connectivity index (χ3n) is 3.38. The van der Waals surface area contributed by atoms with Crippen molar-refractivity contribution in [1.82, 2.24) is 4.90 Å². The van der Waals surface area contributed by atoms with Gasteiger partial charge in [-0.2, -0.15) is 0 Å². The molecule has 1 aromatic rings. The van der Waals surface area contributed by atoms with Crippen LogP contribution in [0.25, 0.3) is 0 Å². The van der Waals surface area contributed by atoms with Crippen LogP contribution in [-0.4, -0.2) is 41.1 Å². The lowest BCUT2D eigenvalue weighted by molar-refractivity contribution is -0.126. The Morgan fingerprint density at radius 2 is 1.86 bits per heavy atom. The van der Waals surface area contributed by atoms with Crippen LogP contribution in [0.15, 0.2) is 18.2 Å². The first-order chi connectivity index (χ1) is 10.6. The second-order valence-corrected chi connectivity index (χ2v) is 5.95. The van der Waals surface area contributed by atoms with Gasteiger partial charge in [-0.3, -0.25) is 14.5 Å². The monoisotopic (exact) mass is 323 g/mol. The van der Waals surface area contributed by atoms with Crippen molar-refractivity contribution in [1.29, 1.82) is 0 Å². The predicted octanol–water partition coefficient (Wildman–Crippen LogP) is 3.11. The zero-order valence-electron chi connectivity index (χ0n) is 13.1. The molecule has 120 valence electrons. The summed E-state index contributed by atoms with van der Waals surface area (Å²) in [6, 6.07) is 5.61. The summed E-state index contributed by atoms with van der Waals surface area (Å²) in [5, 5.41) is -0.536.